The molecule has 0 aliphatic carbocycles. The van der Waals surface area contributed by atoms with Crippen LogP contribution in [0.25, 0.3) is 0 Å². The summed E-state index contributed by atoms with van der Waals surface area (Å²) in [5.74, 6) is -1.23. The molecule has 26 heavy (non-hydrogen) atoms. The predicted octanol–water partition coefficient (Wildman–Crippen LogP) is 3.44. The van der Waals surface area contributed by atoms with Crippen molar-refractivity contribution < 1.29 is 14.7 Å². The molecule has 5 nitrogen and oxygen atoms in total. The van der Waals surface area contributed by atoms with Gasteiger partial charge in [0.05, 0.1) is 0 Å². The molecule has 1 aliphatic rings. The number of fused-ring (bicyclic) bond motifs is 1. The highest BCUT2D eigenvalue weighted by atomic mass is 35.5. The van der Waals surface area contributed by atoms with Gasteiger partial charge in [-0.15, -0.1) is 0 Å². The summed E-state index contributed by atoms with van der Waals surface area (Å²) in [6, 6.07) is 14.3. The van der Waals surface area contributed by atoms with E-state index in [1.165, 1.54) is 0 Å². The van der Waals surface area contributed by atoms with E-state index in [0.717, 1.165) is 16.8 Å². The Balaban J connectivity index is 1.58. The second-order valence-corrected chi connectivity index (χ2v) is 6.86. The number of carboxylic acids is 1. The average Bonchev–Trinajstić information content (AvgIpc) is 3.03. The molecule has 1 amide bonds. The van der Waals surface area contributed by atoms with Gasteiger partial charge in [0.25, 0.3) is 0 Å². The fraction of sp³-hybridized carbons (Fsp3) is 0.300. The number of halogens is 1. The number of rotatable bonds is 7. The van der Waals surface area contributed by atoms with Crippen LogP contribution in [-0.4, -0.2) is 29.6 Å². The first-order valence-corrected chi connectivity index (χ1v) is 9.00. The highest BCUT2D eigenvalue weighted by Gasteiger charge is 2.29. The van der Waals surface area contributed by atoms with Crippen LogP contribution in [-0.2, 0) is 16.0 Å². The first-order chi connectivity index (χ1) is 12.5. The van der Waals surface area contributed by atoms with Gasteiger partial charge in [0.15, 0.2) is 0 Å². The molecule has 2 atom stereocenters. The summed E-state index contributed by atoms with van der Waals surface area (Å²) in [4.78, 5) is 23.8. The summed E-state index contributed by atoms with van der Waals surface area (Å²) in [6.07, 6.45) is 1.04. The summed E-state index contributed by atoms with van der Waals surface area (Å²) in [5, 5.41) is 16.1. The molecule has 1 aliphatic heterocycles. The van der Waals surface area contributed by atoms with Crippen molar-refractivity contribution in [2.45, 2.75) is 31.2 Å². The predicted molar refractivity (Wildman–Crippen MR) is 102 cm³/mol. The molecule has 2 aromatic rings. The van der Waals surface area contributed by atoms with Crippen LogP contribution in [0.2, 0.25) is 5.02 Å². The Morgan fingerprint density at radius 2 is 1.92 bits per heavy atom. The normalized spacial score (nSPS) is 16.4. The molecule has 136 valence electrons. The van der Waals surface area contributed by atoms with Crippen LogP contribution in [0, 0.1) is 0 Å². The minimum Gasteiger partial charge on any atom is -0.480 e. The summed E-state index contributed by atoms with van der Waals surface area (Å²) < 4.78 is 0. The lowest BCUT2D eigenvalue weighted by Gasteiger charge is -2.18. The molecule has 0 saturated heterocycles. The molecule has 0 saturated carbocycles. The Bertz CT molecular complexity index is 809. The maximum absolute atomic E-state index is 12.2. The van der Waals surface area contributed by atoms with Gasteiger partial charge in [-0.2, -0.15) is 0 Å². The zero-order valence-corrected chi connectivity index (χ0v) is 15.0. The van der Waals surface area contributed by atoms with Crippen molar-refractivity contribution in [3.05, 3.63) is 64.7 Å². The van der Waals surface area contributed by atoms with Crippen LogP contribution in [0.3, 0.4) is 0 Å². The molecule has 6 heteroatoms. The minimum atomic E-state index is -1.01. The van der Waals surface area contributed by atoms with Gasteiger partial charge >= 0.3 is 5.97 Å². The Morgan fingerprint density at radius 3 is 2.69 bits per heavy atom. The molecule has 3 rings (SSSR count). The number of hydrogen-bond acceptors (Lipinski definition) is 3. The third-order valence-electron chi connectivity index (χ3n) is 4.67. The van der Waals surface area contributed by atoms with Crippen LogP contribution in [0.4, 0.5) is 5.69 Å². The zero-order valence-electron chi connectivity index (χ0n) is 14.2. The molecule has 0 spiro atoms. The molecular weight excluding hydrogens is 352 g/mol. The average molecular weight is 373 g/mol. The second kappa shape index (κ2) is 8.23. The summed E-state index contributed by atoms with van der Waals surface area (Å²) in [6.45, 7) is 0.679. The molecular formula is C20H21ClN2O3. The van der Waals surface area contributed by atoms with Gasteiger partial charge in [0.2, 0.25) is 5.91 Å². The van der Waals surface area contributed by atoms with Crippen LogP contribution in [0.5, 0.6) is 0 Å². The maximum atomic E-state index is 12.2. The van der Waals surface area contributed by atoms with E-state index in [9.17, 15) is 14.7 Å². The Morgan fingerprint density at radius 1 is 1.19 bits per heavy atom. The minimum absolute atomic E-state index is 0.0659. The summed E-state index contributed by atoms with van der Waals surface area (Å²) >= 11 is 6.09. The fourth-order valence-electron chi connectivity index (χ4n) is 3.29. The summed E-state index contributed by atoms with van der Waals surface area (Å²) in [5.41, 5.74) is 3.01. The zero-order chi connectivity index (χ0) is 18.5. The number of amides is 1. The number of anilines is 1. The van der Waals surface area contributed by atoms with E-state index >= 15 is 0 Å². The lowest BCUT2D eigenvalue weighted by Crippen LogP contribution is -2.42. The van der Waals surface area contributed by atoms with Crippen LogP contribution in [0.15, 0.2) is 48.5 Å². The van der Waals surface area contributed by atoms with Crippen molar-refractivity contribution in [1.82, 2.24) is 5.32 Å². The van der Waals surface area contributed by atoms with E-state index in [1.54, 1.807) is 6.07 Å². The van der Waals surface area contributed by atoms with Crippen LogP contribution < -0.4 is 10.6 Å². The third-order valence-corrected chi connectivity index (χ3v) is 5.04. The number of aliphatic carboxylic acids is 1. The Labute approximate surface area is 157 Å². The monoisotopic (exact) mass is 372 g/mol. The van der Waals surface area contributed by atoms with Gasteiger partial charge in [-0.05, 0) is 36.1 Å². The quantitative estimate of drug-likeness (QED) is 0.695. The van der Waals surface area contributed by atoms with Gasteiger partial charge in [0, 0.05) is 29.6 Å². The number of nitrogens with one attached hydrogen (secondary N) is 2. The van der Waals surface area contributed by atoms with E-state index < -0.39 is 12.0 Å². The van der Waals surface area contributed by atoms with Gasteiger partial charge in [-0.25, -0.2) is 4.79 Å². The SMILES string of the molecule is O=C(CCc1ccccc1Cl)NC(CC1CNc2ccccc21)C(=O)O. The standard InChI is InChI=1S/C20H21ClN2O3/c21-16-7-3-1-5-13(16)9-10-19(24)23-18(20(25)26)11-14-12-22-17-8-4-2-6-15(14)17/h1-8,14,18,22H,9-12H2,(H,23,24)(H,25,26). The highest BCUT2D eigenvalue weighted by molar-refractivity contribution is 6.31. The van der Waals surface area contributed by atoms with Crippen molar-refractivity contribution in [2.75, 3.05) is 11.9 Å². The largest absolute Gasteiger partial charge is 0.480 e. The van der Waals surface area contributed by atoms with E-state index in [-0.39, 0.29) is 18.2 Å². The molecule has 2 unspecified atom stereocenters. The van der Waals surface area contributed by atoms with Crippen LogP contribution >= 0.6 is 11.6 Å². The molecule has 1 heterocycles. The number of benzene rings is 2. The van der Waals surface area contributed by atoms with E-state index in [2.05, 4.69) is 10.6 Å². The topological polar surface area (TPSA) is 78.4 Å². The first-order valence-electron chi connectivity index (χ1n) is 8.63. The highest BCUT2D eigenvalue weighted by Crippen LogP contribution is 2.34. The lowest BCUT2D eigenvalue weighted by molar-refractivity contribution is -0.142. The van der Waals surface area contributed by atoms with Crippen molar-refractivity contribution in [3.63, 3.8) is 0 Å². The molecule has 0 fully saturated rings. The maximum Gasteiger partial charge on any atom is 0.326 e. The molecule has 0 aromatic heterocycles. The van der Waals surface area contributed by atoms with Gasteiger partial charge in [-0.3, -0.25) is 4.79 Å². The van der Waals surface area contributed by atoms with Crippen molar-refractivity contribution >= 4 is 29.2 Å². The second-order valence-electron chi connectivity index (χ2n) is 6.45. The Kier molecular flexibility index (Phi) is 5.78. The summed E-state index contributed by atoms with van der Waals surface area (Å²) in [7, 11) is 0. The lowest BCUT2D eigenvalue weighted by atomic mass is 9.94. The number of carbonyl (C=O) groups excluding carboxylic acids is 1. The van der Waals surface area contributed by atoms with Crippen molar-refractivity contribution in [1.29, 1.82) is 0 Å². The van der Waals surface area contributed by atoms with Gasteiger partial charge in [0.1, 0.15) is 6.04 Å². The molecule has 0 bridgehead atoms. The Hall–Kier alpha value is -2.53. The third kappa shape index (κ3) is 4.35. The fourth-order valence-corrected chi connectivity index (χ4v) is 3.52. The first kappa shape index (κ1) is 18.3. The molecule has 3 N–H and O–H groups in total. The van der Waals surface area contributed by atoms with Gasteiger partial charge in [-0.1, -0.05) is 48.0 Å². The van der Waals surface area contributed by atoms with Crippen LogP contribution in [0.1, 0.15) is 29.9 Å². The van der Waals surface area contributed by atoms with E-state index in [1.807, 2.05) is 42.5 Å². The van der Waals surface area contributed by atoms with E-state index in [4.69, 9.17) is 11.6 Å². The molecule has 0 radical (unpaired) electrons. The number of carboxylic acid groups (broad SMARTS) is 1. The van der Waals surface area contributed by atoms with Gasteiger partial charge < -0.3 is 15.7 Å². The van der Waals surface area contributed by atoms with E-state index in [0.29, 0.717) is 24.4 Å². The number of hydrogen-bond donors (Lipinski definition) is 3. The molecule has 2 aromatic carbocycles. The smallest absolute Gasteiger partial charge is 0.326 e. The van der Waals surface area contributed by atoms with Crippen molar-refractivity contribution in [2.24, 2.45) is 0 Å². The number of aryl methyl sites for hydroxylation is 1. The van der Waals surface area contributed by atoms with Crippen molar-refractivity contribution in [3.8, 4) is 0 Å². The number of carbonyl (C=O) groups is 2. The number of para-hydroxylation sites is 1.